The molecule has 0 saturated carbocycles. The first-order chi connectivity index (χ1) is 10.0. The van der Waals surface area contributed by atoms with Gasteiger partial charge in [0.1, 0.15) is 0 Å². The van der Waals surface area contributed by atoms with Crippen LogP contribution in [0, 0.1) is 0 Å². The zero-order valence-electron chi connectivity index (χ0n) is 12.5. The van der Waals surface area contributed by atoms with Gasteiger partial charge in [0.15, 0.2) is 0 Å². The molecule has 114 valence electrons. The van der Waals surface area contributed by atoms with Crippen LogP contribution in [0.1, 0.15) is 38.2 Å². The van der Waals surface area contributed by atoms with E-state index in [-0.39, 0.29) is 24.3 Å². The molecule has 0 aliphatic carbocycles. The number of rotatable bonds is 6. The summed E-state index contributed by atoms with van der Waals surface area (Å²) < 4.78 is 0. The Morgan fingerprint density at radius 1 is 1.43 bits per heavy atom. The monoisotopic (exact) mass is 290 g/mol. The lowest BCUT2D eigenvalue weighted by molar-refractivity contribution is -0.137. The van der Waals surface area contributed by atoms with Gasteiger partial charge in [0.2, 0.25) is 5.91 Å². The van der Waals surface area contributed by atoms with Gasteiger partial charge in [-0.1, -0.05) is 25.1 Å². The molecule has 5 nitrogen and oxygen atoms in total. The van der Waals surface area contributed by atoms with Crippen LogP contribution in [0.5, 0.6) is 0 Å². The van der Waals surface area contributed by atoms with Gasteiger partial charge in [0.25, 0.3) is 0 Å². The standard InChI is InChI=1S/C16H22N2O3/c1-3-17-11(2)8-15(19)18-10-12(9-16(20)21)13-6-4-5-7-14(13)18/h4-7,11-12,17H,3,8-10H2,1-2H3,(H,20,21). The second-order valence-corrected chi connectivity index (χ2v) is 5.52. The summed E-state index contributed by atoms with van der Waals surface area (Å²) in [7, 11) is 0. The highest BCUT2D eigenvalue weighted by molar-refractivity contribution is 5.96. The highest BCUT2D eigenvalue weighted by atomic mass is 16.4. The van der Waals surface area contributed by atoms with E-state index in [4.69, 9.17) is 5.11 Å². The van der Waals surface area contributed by atoms with E-state index in [9.17, 15) is 9.59 Å². The number of hydrogen-bond acceptors (Lipinski definition) is 3. The fourth-order valence-corrected chi connectivity index (χ4v) is 2.91. The third kappa shape index (κ3) is 3.61. The third-order valence-electron chi connectivity index (χ3n) is 3.83. The van der Waals surface area contributed by atoms with Crippen LogP contribution in [0.15, 0.2) is 24.3 Å². The first-order valence-electron chi connectivity index (χ1n) is 7.37. The van der Waals surface area contributed by atoms with E-state index in [1.807, 2.05) is 38.1 Å². The van der Waals surface area contributed by atoms with Crippen molar-refractivity contribution in [2.75, 3.05) is 18.0 Å². The summed E-state index contributed by atoms with van der Waals surface area (Å²) >= 11 is 0. The highest BCUT2D eigenvalue weighted by Gasteiger charge is 2.33. The van der Waals surface area contributed by atoms with Gasteiger partial charge in [-0.2, -0.15) is 0 Å². The minimum Gasteiger partial charge on any atom is -0.481 e. The maximum atomic E-state index is 12.5. The van der Waals surface area contributed by atoms with Crippen LogP contribution in [-0.2, 0) is 9.59 Å². The largest absolute Gasteiger partial charge is 0.481 e. The lowest BCUT2D eigenvalue weighted by atomic mass is 9.98. The van der Waals surface area contributed by atoms with Gasteiger partial charge in [0, 0.05) is 30.6 Å². The number of nitrogens with one attached hydrogen (secondary N) is 1. The topological polar surface area (TPSA) is 69.6 Å². The third-order valence-corrected chi connectivity index (χ3v) is 3.83. The number of benzene rings is 1. The number of amides is 1. The maximum Gasteiger partial charge on any atom is 0.304 e. The van der Waals surface area contributed by atoms with Gasteiger partial charge in [-0.15, -0.1) is 0 Å². The summed E-state index contributed by atoms with van der Waals surface area (Å²) in [5.41, 5.74) is 1.82. The fourth-order valence-electron chi connectivity index (χ4n) is 2.91. The van der Waals surface area contributed by atoms with Crippen molar-refractivity contribution >= 4 is 17.6 Å². The van der Waals surface area contributed by atoms with Crippen LogP contribution < -0.4 is 10.2 Å². The average molecular weight is 290 g/mol. The second kappa shape index (κ2) is 6.72. The molecule has 2 unspecified atom stereocenters. The minimum absolute atomic E-state index is 0.0452. The normalized spacial score (nSPS) is 18.4. The number of nitrogens with zero attached hydrogens (tertiary/aromatic N) is 1. The number of para-hydroxylation sites is 1. The van der Waals surface area contributed by atoms with E-state index in [1.54, 1.807) is 4.90 Å². The number of aliphatic carboxylic acids is 1. The van der Waals surface area contributed by atoms with Gasteiger partial charge in [0.05, 0.1) is 6.42 Å². The van der Waals surface area contributed by atoms with Crippen LogP contribution in [0.4, 0.5) is 5.69 Å². The highest BCUT2D eigenvalue weighted by Crippen LogP contribution is 2.38. The molecular formula is C16H22N2O3. The zero-order valence-corrected chi connectivity index (χ0v) is 12.5. The molecule has 2 rings (SSSR count). The van der Waals surface area contributed by atoms with Crippen molar-refractivity contribution in [1.82, 2.24) is 5.32 Å². The molecule has 0 fully saturated rings. The molecule has 1 aliphatic rings. The molecule has 2 N–H and O–H groups in total. The molecule has 1 aliphatic heterocycles. The van der Waals surface area contributed by atoms with Crippen molar-refractivity contribution in [1.29, 1.82) is 0 Å². The van der Waals surface area contributed by atoms with Crippen molar-refractivity contribution in [3.05, 3.63) is 29.8 Å². The molecule has 5 heteroatoms. The quantitative estimate of drug-likeness (QED) is 0.840. The van der Waals surface area contributed by atoms with Crippen LogP contribution in [0.3, 0.4) is 0 Å². The Morgan fingerprint density at radius 2 is 2.14 bits per heavy atom. The number of anilines is 1. The maximum absolute atomic E-state index is 12.5. The first kappa shape index (κ1) is 15.5. The van der Waals surface area contributed by atoms with Crippen molar-refractivity contribution in [3.63, 3.8) is 0 Å². The zero-order chi connectivity index (χ0) is 15.4. The molecule has 21 heavy (non-hydrogen) atoms. The number of carbonyl (C=O) groups excluding carboxylic acids is 1. The Kier molecular flexibility index (Phi) is 4.96. The fraction of sp³-hybridized carbons (Fsp3) is 0.500. The second-order valence-electron chi connectivity index (χ2n) is 5.52. The summed E-state index contributed by atoms with van der Waals surface area (Å²) in [6.07, 6.45) is 0.478. The lowest BCUT2D eigenvalue weighted by Crippen LogP contribution is -2.36. The lowest BCUT2D eigenvalue weighted by Gasteiger charge is -2.20. The predicted octanol–water partition coefficient (Wildman–Crippen LogP) is 1.98. The van der Waals surface area contributed by atoms with Crippen LogP contribution >= 0.6 is 0 Å². The summed E-state index contributed by atoms with van der Waals surface area (Å²) in [4.78, 5) is 25.2. The van der Waals surface area contributed by atoms with Crippen LogP contribution in [-0.4, -0.2) is 36.1 Å². The van der Waals surface area contributed by atoms with Crippen molar-refractivity contribution in [2.45, 2.75) is 38.6 Å². The molecule has 1 aromatic rings. The summed E-state index contributed by atoms with van der Waals surface area (Å²) in [6, 6.07) is 7.71. The average Bonchev–Trinajstić information content (AvgIpc) is 2.77. The molecule has 0 saturated heterocycles. The Hall–Kier alpha value is -1.88. The predicted molar refractivity (Wildman–Crippen MR) is 81.5 cm³/mol. The Labute approximate surface area is 125 Å². The van der Waals surface area contributed by atoms with E-state index in [0.29, 0.717) is 13.0 Å². The van der Waals surface area contributed by atoms with E-state index in [2.05, 4.69) is 5.32 Å². The molecule has 0 spiro atoms. The molecule has 1 amide bonds. The summed E-state index contributed by atoms with van der Waals surface area (Å²) in [5.74, 6) is -0.897. The molecular weight excluding hydrogens is 268 g/mol. The summed E-state index contributed by atoms with van der Waals surface area (Å²) in [6.45, 7) is 5.28. The minimum atomic E-state index is -0.829. The Balaban J connectivity index is 2.15. The summed E-state index contributed by atoms with van der Waals surface area (Å²) in [5, 5.41) is 12.3. The van der Waals surface area contributed by atoms with E-state index >= 15 is 0 Å². The molecule has 2 atom stereocenters. The SMILES string of the molecule is CCNC(C)CC(=O)N1CC(CC(=O)O)c2ccccc21. The Morgan fingerprint density at radius 3 is 2.81 bits per heavy atom. The van der Waals surface area contributed by atoms with E-state index in [0.717, 1.165) is 17.8 Å². The van der Waals surface area contributed by atoms with Crippen molar-refractivity contribution in [2.24, 2.45) is 0 Å². The van der Waals surface area contributed by atoms with Gasteiger partial charge in [-0.3, -0.25) is 9.59 Å². The van der Waals surface area contributed by atoms with Gasteiger partial charge < -0.3 is 15.3 Å². The van der Waals surface area contributed by atoms with Crippen molar-refractivity contribution < 1.29 is 14.7 Å². The molecule has 0 bridgehead atoms. The smallest absolute Gasteiger partial charge is 0.304 e. The van der Waals surface area contributed by atoms with E-state index < -0.39 is 5.97 Å². The molecule has 1 aromatic carbocycles. The van der Waals surface area contributed by atoms with Gasteiger partial charge >= 0.3 is 5.97 Å². The molecule has 0 radical (unpaired) electrons. The number of hydrogen-bond donors (Lipinski definition) is 2. The molecule has 0 aromatic heterocycles. The number of carbonyl (C=O) groups is 2. The molecule has 1 heterocycles. The Bertz CT molecular complexity index is 530. The number of carboxylic acid groups (broad SMARTS) is 1. The van der Waals surface area contributed by atoms with Crippen LogP contribution in [0.2, 0.25) is 0 Å². The number of carboxylic acids is 1. The van der Waals surface area contributed by atoms with Crippen LogP contribution in [0.25, 0.3) is 0 Å². The van der Waals surface area contributed by atoms with E-state index in [1.165, 1.54) is 0 Å². The van der Waals surface area contributed by atoms with Gasteiger partial charge in [-0.25, -0.2) is 0 Å². The van der Waals surface area contributed by atoms with Gasteiger partial charge in [-0.05, 0) is 25.1 Å². The van der Waals surface area contributed by atoms with Crippen molar-refractivity contribution in [3.8, 4) is 0 Å². The number of fused-ring (bicyclic) bond motifs is 1. The first-order valence-corrected chi connectivity index (χ1v) is 7.37.